The molecule has 0 aliphatic carbocycles. The van der Waals surface area contributed by atoms with Gasteiger partial charge in [0.2, 0.25) is 10.4 Å². The van der Waals surface area contributed by atoms with Crippen LogP contribution >= 0.6 is 0 Å². The monoisotopic (exact) mass is 334 g/mol. The van der Waals surface area contributed by atoms with E-state index in [1.165, 1.54) is 44.9 Å². The van der Waals surface area contributed by atoms with Crippen molar-refractivity contribution in [2.24, 2.45) is 0 Å². The molecular weight excluding hydrogens is 307 g/mol. The van der Waals surface area contributed by atoms with Crippen molar-refractivity contribution in [2.45, 2.75) is 64.7 Å². The molecule has 0 spiro atoms. The van der Waals surface area contributed by atoms with E-state index in [1.807, 2.05) is 6.92 Å². The fourth-order valence-corrected chi connectivity index (χ4v) is 2.02. The molecule has 0 aromatic carbocycles. The summed E-state index contributed by atoms with van der Waals surface area (Å²) in [5, 5.41) is 0. The molecule has 0 saturated carbocycles. The molecular formula is C13H27KO5S. The molecule has 1 saturated heterocycles. The van der Waals surface area contributed by atoms with Gasteiger partial charge in [-0.3, -0.25) is 4.18 Å². The zero-order chi connectivity index (χ0) is 14.4. The molecule has 0 aromatic heterocycles. The van der Waals surface area contributed by atoms with Gasteiger partial charge in [0, 0.05) is 13.2 Å². The van der Waals surface area contributed by atoms with Gasteiger partial charge in [0.25, 0.3) is 0 Å². The fraction of sp³-hybridized carbons (Fsp3) is 1.00. The second-order valence-corrected chi connectivity index (χ2v) is 5.72. The minimum absolute atomic E-state index is 0. The fourth-order valence-electron chi connectivity index (χ4n) is 1.70. The summed E-state index contributed by atoms with van der Waals surface area (Å²) >= 11 is 0. The molecule has 0 bridgehead atoms. The minimum Gasteiger partial charge on any atom is -0.726 e. The Morgan fingerprint density at radius 3 is 1.85 bits per heavy atom. The standard InChI is InChI=1S/C9H18O.C4H10O4S.K/c1-2-4-6-8-10-9-7-5-3-1;1-2-3-4-8-9(5,6)7;/h1-9H2;2-4H2,1H3,(H,5,6,7);/q;;+1/p-1. The minimum atomic E-state index is -4.45. The van der Waals surface area contributed by atoms with Gasteiger partial charge in [-0.05, 0) is 19.3 Å². The second kappa shape index (κ2) is 16.8. The van der Waals surface area contributed by atoms with Crippen molar-refractivity contribution in [3.63, 3.8) is 0 Å². The number of unbranched alkanes of at least 4 members (excludes halogenated alkanes) is 1. The van der Waals surface area contributed by atoms with E-state index in [4.69, 9.17) is 4.74 Å². The Bertz CT molecular complexity index is 249. The maximum absolute atomic E-state index is 9.73. The molecule has 7 heteroatoms. The predicted molar refractivity (Wildman–Crippen MR) is 73.7 cm³/mol. The predicted octanol–water partition coefficient (Wildman–Crippen LogP) is 0.0146. The second-order valence-electron chi connectivity index (χ2n) is 4.67. The van der Waals surface area contributed by atoms with Crippen molar-refractivity contribution >= 4 is 10.4 Å². The number of ether oxygens (including phenoxy) is 1. The maximum Gasteiger partial charge on any atom is 1.00 e. The Kier molecular flexibility index (Phi) is 20.0. The Balaban J connectivity index is 0. The first-order valence-corrected chi connectivity index (χ1v) is 8.57. The van der Waals surface area contributed by atoms with Crippen LogP contribution in [-0.4, -0.2) is 32.8 Å². The van der Waals surface area contributed by atoms with Crippen LogP contribution in [0.5, 0.6) is 0 Å². The smallest absolute Gasteiger partial charge is 0.726 e. The van der Waals surface area contributed by atoms with Crippen molar-refractivity contribution in [2.75, 3.05) is 19.8 Å². The SMILES string of the molecule is C1CCCCOCCCC1.CCCCOS(=O)(=O)[O-].[K+]. The van der Waals surface area contributed by atoms with Gasteiger partial charge in [-0.2, -0.15) is 0 Å². The Hall–Kier alpha value is 1.47. The molecule has 1 heterocycles. The molecule has 0 unspecified atom stereocenters. The topological polar surface area (TPSA) is 75.7 Å². The molecule has 1 aliphatic rings. The van der Waals surface area contributed by atoms with Gasteiger partial charge in [0.05, 0.1) is 6.61 Å². The molecule has 5 nitrogen and oxygen atoms in total. The Morgan fingerprint density at radius 2 is 1.45 bits per heavy atom. The number of rotatable bonds is 4. The van der Waals surface area contributed by atoms with Crippen molar-refractivity contribution in [1.29, 1.82) is 0 Å². The van der Waals surface area contributed by atoms with Crippen LogP contribution in [0.3, 0.4) is 0 Å². The first-order chi connectivity index (χ1) is 9.06. The van der Waals surface area contributed by atoms with Crippen LogP contribution in [0.4, 0.5) is 0 Å². The zero-order valence-corrected chi connectivity index (χ0v) is 16.9. The van der Waals surface area contributed by atoms with Gasteiger partial charge in [0.1, 0.15) is 0 Å². The molecule has 0 aromatic rings. The van der Waals surface area contributed by atoms with Crippen LogP contribution in [0, 0.1) is 0 Å². The van der Waals surface area contributed by atoms with Crippen molar-refractivity contribution in [3.8, 4) is 0 Å². The van der Waals surface area contributed by atoms with Gasteiger partial charge in [-0.1, -0.05) is 45.4 Å². The summed E-state index contributed by atoms with van der Waals surface area (Å²) in [5.74, 6) is 0. The normalized spacial score (nSPS) is 17.3. The molecule has 0 N–H and O–H groups in total. The summed E-state index contributed by atoms with van der Waals surface area (Å²) in [6.45, 7) is 3.88. The summed E-state index contributed by atoms with van der Waals surface area (Å²) in [4.78, 5) is 0. The quantitative estimate of drug-likeness (QED) is 0.313. The molecule has 1 aliphatic heterocycles. The zero-order valence-electron chi connectivity index (χ0n) is 12.9. The van der Waals surface area contributed by atoms with Gasteiger partial charge in [-0.15, -0.1) is 0 Å². The van der Waals surface area contributed by atoms with Crippen molar-refractivity contribution in [3.05, 3.63) is 0 Å². The summed E-state index contributed by atoms with van der Waals surface area (Å²) in [6.07, 6.45) is 11.0. The third kappa shape index (κ3) is 21.8. The molecule has 1 fully saturated rings. The van der Waals surface area contributed by atoms with Crippen LogP contribution in [0.15, 0.2) is 0 Å². The van der Waals surface area contributed by atoms with Crippen molar-refractivity contribution < 1.29 is 73.3 Å². The van der Waals surface area contributed by atoms with Gasteiger partial charge in [0.15, 0.2) is 0 Å². The average molecular weight is 335 g/mol. The van der Waals surface area contributed by atoms with Gasteiger partial charge < -0.3 is 9.29 Å². The van der Waals surface area contributed by atoms with E-state index in [0.29, 0.717) is 6.42 Å². The van der Waals surface area contributed by atoms with Crippen LogP contribution in [0.1, 0.15) is 64.7 Å². The largest absolute Gasteiger partial charge is 1.00 e. The van der Waals surface area contributed by atoms with E-state index < -0.39 is 10.4 Å². The van der Waals surface area contributed by atoms with Crippen LogP contribution in [-0.2, 0) is 19.3 Å². The van der Waals surface area contributed by atoms with E-state index in [-0.39, 0.29) is 58.0 Å². The van der Waals surface area contributed by atoms with E-state index in [2.05, 4.69) is 4.18 Å². The summed E-state index contributed by atoms with van der Waals surface area (Å²) < 4.78 is 38.5. The molecule has 20 heavy (non-hydrogen) atoms. The third-order valence-corrected chi connectivity index (χ3v) is 3.26. The molecule has 1 rings (SSSR count). The van der Waals surface area contributed by atoms with Crippen LogP contribution in [0.25, 0.3) is 0 Å². The van der Waals surface area contributed by atoms with Gasteiger partial charge in [-0.25, -0.2) is 8.42 Å². The molecule has 0 amide bonds. The first-order valence-electron chi connectivity index (χ1n) is 7.24. The van der Waals surface area contributed by atoms with Crippen molar-refractivity contribution in [1.82, 2.24) is 0 Å². The maximum atomic E-state index is 9.73. The molecule has 0 radical (unpaired) electrons. The average Bonchev–Trinajstić information content (AvgIpc) is 2.36. The Labute approximate surface area is 166 Å². The first kappa shape index (κ1) is 23.7. The summed E-state index contributed by atoms with van der Waals surface area (Å²) in [7, 11) is -4.45. The number of hydrogen-bond acceptors (Lipinski definition) is 5. The van der Waals surface area contributed by atoms with Gasteiger partial charge >= 0.3 is 51.4 Å². The summed E-state index contributed by atoms with van der Waals surface area (Å²) in [5.41, 5.74) is 0. The summed E-state index contributed by atoms with van der Waals surface area (Å²) in [6, 6.07) is 0. The van der Waals surface area contributed by atoms with E-state index >= 15 is 0 Å². The number of hydrogen-bond donors (Lipinski definition) is 0. The van der Waals surface area contributed by atoms with Crippen LogP contribution in [0.2, 0.25) is 0 Å². The van der Waals surface area contributed by atoms with E-state index in [0.717, 1.165) is 19.6 Å². The van der Waals surface area contributed by atoms with Crippen LogP contribution < -0.4 is 51.4 Å². The third-order valence-electron chi connectivity index (χ3n) is 2.80. The Morgan fingerprint density at radius 1 is 1.00 bits per heavy atom. The molecule has 0 atom stereocenters. The molecule has 116 valence electrons. The van der Waals surface area contributed by atoms with E-state index in [1.54, 1.807) is 0 Å². The van der Waals surface area contributed by atoms with E-state index in [9.17, 15) is 13.0 Å².